The van der Waals surface area contributed by atoms with Gasteiger partial charge in [0.15, 0.2) is 0 Å². The summed E-state index contributed by atoms with van der Waals surface area (Å²) in [6, 6.07) is 39.9. The number of halogens is 1. The molecule has 0 N–H and O–H groups in total. The largest absolute Gasteiger partial charge is 0.468 e. The van der Waals surface area contributed by atoms with Crippen LogP contribution in [0.25, 0.3) is 22.1 Å². The van der Waals surface area contributed by atoms with Gasteiger partial charge in [-0.2, -0.15) is 0 Å². The lowest BCUT2D eigenvalue weighted by Crippen LogP contribution is -2.61. The van der Waals surface area contributed by atoms with Gasteiger partial charge in [-0.1, -0.05) is 136 Å². The van der Waals surface area contributed by atoms with Gasteiger partial charge in [-0.3, -0.25) is 0 Å². The van der Waals surface area contributed by atoms with E-state index in [0.717, 1.165) is 98.6 Å². The first-order chi connectivity index (χ1) is 30.1. The number of hydrogen-bond donors (Lipinski definition) is 0. The molecule has 0 radical (unpaired) electrons. The van der Waals surface area contributed by atoms with Gasteiger partial charge in [0.1, 0.15) is 11.4 Å². The van der Waals surface area contributed by atoms with Gasteiger partial charge in [0, 0.05) is 33.7 Å². The highest BCUT2D eigenvalue weighted by Crippen LogP contribution is 2.54. The van der Waals surface area contributed by atoms with Crippen LogP contribution in [0, 0.1) is 12.7 Å². The average molecular weight is 845 g/mol. The van der Waals surface area contributed by atoms with Crippen molar-refractivity contribution in [2.75, 3.05) is 9.80 Å². The van der Waals surface area contributed by atoms with Crippen LogP contribution < -0.4 is 26.4 Å². The van der Waals surface area contributed by atoms with E-state index in [1.807, 2.05) is 0 Å². The standard InChI is InChI=1S/C59H62BFN2O/c1-35-18-23-51-41(28-35)53-54(64-51)60-46-33-44-45(59(11,12)27-26-58(44,9)10)34-48(46)62(39-20-21-42-43(32-39)57(7,8)25-24-56(42,5)6)49-30-38(61)31-50(52(49)60)63(53)47-22-19-37(55(2,3)4)29-40(47)36-16-14-13-15-17-36/h13-23,28-34H,24-27H2,1-12H3. The molecule has 0 amide bonds. The summed E-state index contributed by atoms with van der Waals surface area (Å²) in [6.07, 6.45) is 4.47. The van der Waals surface area contributed by atoms with Gasteiger partial charge in [0.2, 0.25) is 0 Å². The zero-order valence-electron chi connectivity index (χ0n) is 40.0. The first-order valence-corrected chi connectivity index (χ1v) is 23.7. The van der Waals surface area contributed by atoms with Crippen LogP contribution >= 0.6 is 0 Å². The van der Waals surface area contributed by atoms with Crippen LogP contribution in [-0.4, -0.2) is 6.71 Å². The fourth-order valence-electron chi connectivity index (χ4n) is 11.9. The Labute approximate surface area is 380 Å². The first kappa shape index (κ1) is 41.2. The summed E-state index contributed by atoms with van der Waals surface area (Å²) < 4.78 is 24.6. The minimum atomic E-state index is -0.274. The predicted molar refractivity (Wildman–Crippen MR) is 270 cm³/mol. The number of rotatable bonds is 3. The minimum absolute atomic E-state index is 0.00356. The number of furan rings is 1. The Morgan fingerprint density at radius 2 is 1.19 bits per heavy atom. The van der Waals surface area contributed by atoms with Crippen LogP contribution in [-0.2, 0) is 27.1 Å². The van der Waals surface area contributed by atoms with Crippen LogP contribution in [0.5, 0.6) is 0 Å². The Morgan fingerprint density at radius 3 is 1.84 bits per heavy atom. The smallest absolute Gasteiger partial charge is 0.297 e. The second kappa shape index (κ2) is 13.5. The lowest BCUT2D eigenvalue weighted by Gasteiger charge is -2.47. The van der Waals surface area contributed by atoms with Gasteiger partial charge in [-0.25, -0.2) is 4.39 Å². The third kappa shape index (κ3) is 6.05. The number of anilines is 6. The van der Waals surface area contributed by atoms with E-state index in [0.29, 0.717) is 0 Å². The summed E-state index contributed by atoms with van der Waals surface area (Å²) in [5.74, 6) is -0.259. The summed E-state index contributed by atoms with van der Waals surface area (Å²) in [5, 5.41) is 1.04. The van der Waals surface area contributed by atoms with Crippen LogP contribution in [0.2, 0.25) is 0 Å². The molecular weight excluding hydrogens is 782 g/mol. The van der Waals surface area contributed by atoms with Gasteiger partial charge < -0.3 is 14.2 Å². The fraction of sp³-hybridized carbons (Fsp3) is 0.356. The molecule has 5 heteroatoms. The molecule has 6 aromatic carbocycles. The van der Waals surface area contributed by atoms with Crippen molar-refractivity contribution < 1.29 is 8.81 Å². The van der Waals surface area contributed by atoms with Crippen molar-refractivity contribution in [1.82, 2.24) is 0 Å². The van der Waals surface area contributed by atoms with Gasteiger partial charge in [-0.15, -0.1) is 0 Å². The lowest BCUT2D eigenvalue weighted by atomic mass is 9.35. The zero-order chi connectivity index (χ0) is 45.0. The van der Waals surface area contributed by atoms with Crippen molar-refractivity contribution in [3.05, 3.63) is 148 Å². The van der Waals surface area contributed by atoms with E-state index in [1.54, 1.807) is 12.1 Å². The molecular formula is C59H62BFN2O. The van der Waals surface area contributed by atoms with E-state index in [1.165, 1.54) is 33.3 Å². The molecule has 4 aliphatic rings. The molecule has 11 rings (SSSR count). The lowest BCUT2D eigenvalue weighted by molar-refractivity contribution is 0.332. The molecule has 1 aromatic heterocycles. The Hall–Kier alpha value is -5.55. The predicted octanol–water partition coefficient (Wildman–Crippen LogP) is 14.6. The van der Waals surface area contributed by atoms with Gasteiger partial charge in [0.25, 0.3) is 6.71 Å². The number of benzene rings is 6. The summed E-state index contributed by atoms with van der Waals surface area (Å²) in [4.78, 5) is 4.77. The quantitative estimate of drug-likeness (QED) is 0.165. The molecule has 0 saturated carbocycles. The van der Waals surface area contributed by atoms with Gasteiger partial charge in [-0.05, 0) is 159 Å². The van der Waals surface area contributed by atoms with E-state index < -0.39 is 0 Å². The SMILES string of the molecule is Cc1ccc2oc3c(c2c1)N(c1ccc(C(C)(C)C)cc1-c1ccccc1)c1cc(F)cc2c1B3c1cc3c(cc1N2c1ccc2c(c1)C(C)(C)CCC2(C)C)C(C)(C)CCC3(C)C. The minimum Gasteiger partial charge on any atom is -0.468 e. The van der Waals surface area contributed by atoms with Crippen molar-refractivity contribution in [2.24, 2.45) is 0 Å². The van der Waals surface area contributed by atoms with Crippen LogP contribution in [0.3, 0.4) is 0 Å². The van der Waals surface area contributed by atoms with Gasteiger partial charge >= 0.3 is 0 Å². The zero-order valence-corrected chi connectivity index (χ0v) is 40.0. The molecule has 0 spiro atoms. The highest BCUT2D eigenvalue weighted by molar-refractivity contribution is 7.00. The Bertz CT molecular complexity index is 3090. The monoisotopic (exact) mass is 844 g/mol. The van der Waals surface area contributed by atoms with Crippen LogP contribution in [0.4, 0.5) is 38.5 Å². The highest BCUT2D eigenvalue weighted by atomic mass is 19.1. The second-order valence-corrected chi connectivity index (χ2v) is 23.3. The van der Waals surface area contributed by atoms with E-state index in [9.17, 15) is 0 Å². The third-order valence-electron chi connectivity index (χ3n) is 16.0. The van der Waals surface area contributed by atoms with E-state index in [-0.39, 0.29) is 39.6 Å². The molecule has 0 saturated heterocycles. The van der Waals surface area contributed by atoms with Gasteiger partial charge in [0.05, 0.1) is 17.0 Å². The van der Waals surface area contributed by atoms with Crippen molar-refractivity contribution in [2.45, 2.75) is 136 Å². The normalized spacial score (nSPS) is 18.5. The van der Waals surface area contributed by atoms with E-state index in [2.05, 4.69) is 190 Å². The molecule has 324 valence electrons. The van der Waals surface area contributed by atoms with Crippen molar-refractivity contribution in [3.63, 3.8) is 0 Å². The molecule has 2 aliphatic heterocycles. The fourth-order valence-corrected chi connectivity index (χ4v) is 11.9. The number of nitrogens with zero attached hydrogens (tertiary/aromatic N) is 2. The van der Waals surface area contributed by atoms with Crippen LogP contribution in [0.15, 0.2) is 114 Å². The molecule has 2 aliphatic carbocycles. The Kier molecular flexibility index (Phi) is 8.69. The number of fused-ring (bicyclic) bond motifs is 8. The van der Waals surface area contributed by atoms with E-state index in [4.69, 9.17) is 4.42 Å². The summed E-state index contributed by atoms with van der Waals surface area (Å²) in [7, 11) is 0. The molecule has 7 aromatic rings. The maximum atomic E-state index is 17.3. The summed E-state index contributed by atoms with van der Waals surface area (Å²) in [6.45, 7) is 27.9. The first-order valence-electron chi connectivity index (χ1n) is 23.7. The molecule has 0 fully saturated rings. The molecule has 0 atom stereocenters. The van der Waals surface area contributed by atoms with Crippen LogP contribution in [0.1, 0.15) is 135 Å². The number of hydrogen-bond acceptors (Lipinski definition) is 3. The summed E-state index contributed by atoms with van der Waals surface area (Å²) in [5.41, 5.74) is 20.1. The third-order valence-corrected chi connectivity index (χ3v) is 16.0. The average Bonchev–Trinajstić information content (AvgIpc) is 3.61. The maximum Gasteiger partial charge on any atom is 0.297 e. The molecule has 0 unspecified atom stereocenters. The van der Waals surface area contributed by atoms with Crippen molar-refractivity contribution in [3.8, 4) is 11.1 Å². The second-order valence-electron chi connectivity index (χ2n) is 23.3. The molecule has 0 bridgehead atoms. The maximum absolute atomic E-state index is 17.3. The van der Waals surface area contributed by atoms with Crippen molar-refractivity contribution >= 4 is 68.4 Å². The molecule has 3 heterocycles. The molecule has 3 nitrogen and oxygen atoms in total. The number of aryl methyl sites for hydroxylation is 1. The highest BCUT2D eigenvalue weighted by Gasteiger charge is 2.50. The topological polar surface area (TPSA) is 19.6 Å². The molecule has 64 heavy (non-hydrogen) atoms. The Balaban J connectivity index is 1.28. The summed E-state index contributed by atoms with van der Waals surface area (Å²) >= 11 is 0. The van der Waals surface area contributed by atoms with Crippen molar-refractivity contribution in [1.29, 1.82) is 0 Å². The Morgan fingerprint density at radius 1 is 0.578 bits per heavy atom. The van der Waals surface area contributed by atoms with E-state index >= 15 is 4.39 Å².